The van der Waals surface area contributed by atoms with Crippen molar-refractivity contribution in [3.63, 3.8) is 0 Å². The Morgan fingerprint density at radius 1 is 1.45 bits per heavy atom. The highest BCUT2D eigenvalue weighted by Crippen LogP contribution is 2.36. The fourth-order valence-corrected chi connectivity index (χ4v) is 2.62. The average molecular weight is 277 g/mol. The first-order chi connectivity index (χ1) is 9.53. The van der Waals surface area contributed by atoms with Crippen molar-refractivity contribution in [2.75, 3.05) is 12.4 Å². The number of anilines is 1. The van der Waals surface area contributed by atoms with E-state index in [1.807, 2.05) is 6.92 Å². The predicted molar refractivity (Wildman–Crippen MR) is 77.0 cm³/mol. The summed E-state index contributed by atoms with van der Waals surface area (Å²) in [7, 11) is 1.58. The molecule has 2 rings (SSSR count). The van der Waals surface area contributed by atoms with Crippen molar-refractivity contribution < 1.29 is 9.72 Å². The van der Waals surface area contributed by atoms with E-state index in [2.05, 4.69) is 10.6 Å². The number of nitrogens with zero attached hydrogens (tertiary/aromatic N) is 1. The molecule has 0 spiro atoms. The number of rotatable bonds is 5. The molecule has 0 heterocycles. The minimum absolute atomic E-state index is 0.0840. The third-order valence-corrected chi connectivity index (χ3v) is 4.10. The van der Waals surface area contributed by atoms with Gasteiger partial charge < -0.3 is 10.6 Å². The van der Waals surface area contributed by atoms with Crippen LogP contribution in [0.2, 0.25) is 0 Å². The van der Waals surface area contributed by atoms with Crippen LogP contribution in [0.1, 0.15) is 43.0 Å². The highest BCUT2D eigenvalue weighted by atomic mass is 16.6. The second kappa shape index (κ2) is 5.48. The lowest BCUT2D eigenvalue weighted by molar-refractivity contribution is -0.384. The van der Waals surface area contributed by atoms with E-state index in [4.69, 9.17) is 0 Å². The SMILES string of the molecule is CCC1(NC(=O)c2cccc([N+](=O)[O-])c2NC)CCC1. The summed E-state index contributed by atoms with van der Waals surface area (Å²) >= 11 is 0. The van der Waals surface area contributed by atoms with Gasteiger partial charge in [0.15, 0.2) is 0 Å². The smallest absolute Gasteiger partial charge is 0.293 e. The summed E-state index contributed by atoms with van der Waals surface area (Å²) in [6, 6.07) is 4.53. The minimum Gasteiger partial charge on any atom is -0.382 e. The van der Waals surface area contributed by atoms with Crippen LogP contribution in [0, 0.1) is 10.1 Å². The Bertz CT molecular complexity index is 533. The Balaban J connectivity index is 2.30. The molecule has 1 aliphatic carbocycles. The number of carbonyl (C=O) groups is 1. The molecule has 1 amide bonds. The van der Waals surface area contributed by atoms with Crippen LogP contribution in [0.25, 0.3) is 0 Å². The average Bonchev–Trinajstić information content (AvgIpc) is 2.41. The zero-order chi connectivity index (χ0) is 14.8. The number of carbonyl (C=O) groups excluding carboxylic acids is 1. The van der Waals surface area contributed by atoms with E-state index in [1.165, 1.54) is 12.1 Å². The molecule has 1 fully saturated rings. The van der Waals surface area contributed by atoms with Gasteiger partial charge in [0.05, 0.1) is 10.5 Å². The predicted octanol–water partition coefficient (Wildman–Crippen LogP) is 2.70. The maximum atomic E-state index is 12.4. The van der Waals surface area contributed by atoms with Gasteiger partial charge in [-0.1, -0.05) is 13.0 Å². The second-order valence-electron chi connectivity index (χ2n) is 5.15. The van der Waals surface area contributed by atoms with Gasteiger partial charge in [0, 0.05) is 18.7 Å². The third-order valence-electron chi connectivity index (χ3n) is 4.10. The van der Waals surface area contributed by atoms with Gasteiger partial charge in [0.25, 0.3) is 11.6 Å². The Hall–Kier alpha value is -2.11. The van der Waals surface area contributed by atoms with Crippen LogP contribution in [0.4, 0.5) is 11.4 Å². The largest absolute Gasteiger partial charge is 0.382 e. The van der Waals surface area contributed by atoms with Crippen molar-refractivity contribution in [1.29, 1.82) is 0 Å². The highest BCUT2D eigenvalue weighted by Gasteiger charge is 2.37. The van der Waals surface area contributed by atoms with Crippen LogP contribution in [-0.4, -0.2) is 23.4 Å². The molecule has 0 saturated heterocycles. The highest BCUT2D eigenvalue weighted by molar-refractivity contribution is 6.02. The molecule has 2 N–H and O–H groups in total. The van der Waals surface area contributed by atoms with Gasteiger partial charge in [-0.3, -0.25) is 14.9 Å². The lowest BCUT2D eigenvalue weighted by Crippen LogP contribution is -2.53. The maximum absolute atomic E-state index is 12.4. The number of amides is 1. The van der Waals surface area contributed by atoms with Gasteiger partial charge in [0.2, 0.25) is 0 Å². The molecule has 6 nitrogen and oxygen atoms in total. The summed E-state index contributed by atoms with van der Waals surface area (Å²) in [5.74, 6) is -0.250. The van der Waals surface area contributed by atoms with Crippen molar-refractivity contribution in [2.24, 2.45) is 0 Å². The van der Waals surface area contributed by atoms with E-state index in [0.29, 0.717) is 5.56 Å². The standard InChI is InChI=1S/C14H19N3O3/c1-3-14(8-5-9-14)16-13(18)10-6-4-7-11(17(19)20)12(10)15-2/h4,6-7,15H,3,5,8-9H2,1-2H3,(H,16,18). The monoisotopic (exact) mass is 277 g/mol. The molecule has 0 aliphatic heterocycles. The maximum Gasteiger partial charge on any atom is 0.293 e. The first kappa shape index (κ1) is 14.3. The van der Waals surface area contributed by atoms with E-state index in [1.54, 1.807) is 13.1 Å². The molecule has 1 saturated carbocycles. The summed E-state index contributed by atoms with van der Waals surface area (Å²) in [5.41, 5.74) is 0.369. The molecular formula is C14H19N3O3. The van der Waals surface area contributed by atoms with Crippen molar-refractivity contribution in [3.8, 4) is 0 Å². The van der Waals surface area contributed by atoms with Crippen molar-refractivity contribution >= 4 is 17.3 Å². The van der Waals surface area contributed by atoms with Crippen molar-refractivity contribution in [1.82, 2.24) is 5.32 Å². The van der Waals surface area contributed by atoms with E-state index >= 15 is 0 Å². The molecule has 0 atom stereocenters. The molecule has 1 aromatic carbocycles. The molecule has 0 bridgehead atoms. The topological polar surface area (TPSA) is 84.3 Å². The van der Waals surface area contributed by atoms with Gasteiger partial charge in [-0.2, -0.15) is 0 Å². The normalized spacial score (nSPS) is 16.1. The zero-order valence-electron chi connectivity index (χ0n) is 11.7. The zero-order valence-corrected chi connectivity index (χ0v) is 11.7. The summed E-state index contributed by atoms with van der Waals surface area (Å²) in [5, 5.41) is 16.8. The first-order valence-corrected chi connectivity index (χ1v) is 6.80. The van der Waals surface area contributed by atoms with E-state index in [0.717, 1.165) is 25.7 Å². The number of nitro benzene ring substituents is 1. The van der Waals surface area contributed by atoms with Crippen LogP contribution >= 0.6 is 0 Å². The quantitative estimate of drug-likeness (QED) is 0.640. The number of benzene rings is 1. The number of hydrogen-bond donors (Lipinski definition) is 2. The minimum atomic E-state index is -0.485. The third kappa shape index (κ3) is 2.45. The summed E-state index contributed by atoms with van der Waals surface area (Å²) in [4.78, 5) is 22.9. The lowest BCUT2D eigenvalue weighted by Gasteiger charge is -2.42. The summed E-state index contributed by atoms with van der Waals surface area (Å²) in [6.45, 7) is 2.05. The van der Waals surface area contributed by atoms with Crippen LogP contribution < -0.4 is 10.6 Å². The molecular weight excluding hydrogens is 258 g/mol. The molecule has 0 radical (unpaired) electrons. The Kier molecular flexibility index (Phi) is 3.92. The molecule has 0 unspecified atom stereocenters. The Morgan fingerprint density at radius 3 is 2.60 bits per heavy atom. The molecule has 20 heavy (non-hydrogen) atoms. The molecule has 108 valence electrons. The van der Waals surface area contributed by atoms with Crippen LogP contribution in [-0.2, 0) is 0 Å². The number of hydrogen-bond acceptors (Lipinski definition) is 4. The number of nitro groups is 1. The Morgan fingerprint density at radius 2 is 2.15 bits per heavy atom. The molecule has 1 aliphatic rings. The van der Waals surface area contributed by atoms with Gasteiger partial charge in [0.1, 0.15) is 5.69 Å². The number of para-hydroxylation sites is 1. The fourth-order valence-electron chi connectivity index (χ4n) is 2.62. The van der Waals surface area contributed by atoms with Gasteiger partial charge >= 0.3 is 0 Å². The van der Waals surface area contributed by atoms with Gasteiger partial charge in [-0.05, 0) is 31.7 Å². The van der Waals surface area contributed by atoms with Crippen LogP contribution in [0.5, 0.6) is 0 Å². The number of nitrogens with one attached hydrogen (secondary N) is 2. The van der Waals surface area contributed by atoms with Gasteiger partial charge in [-0.15, -0.1) is 0 Å². The second-order valence-corrected chi connectivity index (χ2v) is 5.15. The molecule has 6 heteroatoms. The fraction of sp³-hybridized carbons (Fsp3) is 0.500. The van der Waals surface area contributed by atoms with E-state index in [-0.39, 0.29) is 22.8 Å². The molecule has 1 aromatic rings. The van der Waals surface area contributed by atoms with Crippen molar-refractivity contribution in [2.45, 2.75) is 38.1 Å². The summed E-state index contributed by atoms with van der Waals surface area (Å²) in [6.07, 6.45) is 3.93. The lowest BCUT2D eigenvalue weighted by atomic mass is 9.74. The molecule has 0 aromatic heterocycles. The van der Waals surface area contributed by atoms with Crippen LogP contribution in [0.3, 0.4) is 0 Å². The summed E-state index contributed by atoms with van der Waals surface area (Å²) < 4.78 is 0. The van der Waals surface area contributed by atoms with Gasteiger partial charge in [-0.25, -0.2) is 0 Å². The van der Waals surface area contributed by atoms with Crippen LogP contribution in [0.15, 0.2) is 18.2 Å². The van der Waals surface area contributed by atoms with Crippen molar-refractivity contribution in [3.05, 3.63) is 33.9 Å². The first-order valence-electron chi connectivity index (χ1n) is 6.80. The Labute approximate surface area is 117 Å². The van der Waals surface area contributed by atoms with E-state index in [9.17, 15) is 14.9 Å². The van der Waals surface area contributed by atoms with E-state index < -0.39 is 4.92 Å².